The first-order chi connectivity index (χ1) is 16.1. The minimum atomic E-state index is 0.355. The number of hydrogen-bond acceptors (Lipinski definition) is 5. The number of halogens is 1. The molecular formula is C25H24ClN7. The van der Waals surface area contributed by atoms with Crippen LogP contribution in [0, 0.1) is 13.8 Å². The van der Waals surface area contributed by atoms with Crippen molar-refractivity contribution >= 4 is 33.4 Å². The standard InChI is InChI=1S/C25H24ClN7/c1-14-11-21-19(13-29-31-21)23(24(14)26)22-15(2)33(18-6-8-27-9-7-18)32-25(22)17-3-4-20-16(12-17)5-10-28-30-20/h3-5,10-13,18,27H,6-9H2,1-2H3,(H,29,31). The number of benzene rings is 2. The van der Waals surface area contributed by atoms with Crippen molar-refractivity contribution in [2.24, 2.45) is 0 Å². The lowest BCUT2D eigenvalue weighted by Gasteiger charge is -2.24. The van der Waals surface area contributed by atoms with Crippen molar-refractivity contribution < 1.29 is 0 Å². The number of H-pyrrole nitrogens is 1. The van der Waals surface area contributed by atoms with Crippen LogP contribution < -0.4 is 5.32 Å². The molecule has 1 saturated heterocycles. The average Bonchev–Trinajstić information content (AvgIpc) is 3.44. The Morgan fingerprint density at radius 2 is 1.91 bits per heavy atom. The number of fused-ring (bicyclic) bond motifs is 2. The molecule has 166 valence electrons. The lowest BCUT2D eigenvalue weighted by Crippen LogP contribution is -2.30. The summed E-state index contributed by atoms with van der Waals surface area (Å²) in [5.41, 5.74) is 7.99. The molecule has 4 heterocycles. The van der Waals surface area contributed by atoms with Gasteiger partial charge in [-0.2, -0.15) is 20.4 Å². The van der Waals surface area contributed by atoms with Gasteiger partial charge in [-0.3, -0.25) is 9.78 Å². The number of nitrogens with zero attached hydrogens (tertiary/aromatic N) is 5. The molecule has 0 spiro atoms. The monoisotopic (exact) mass is 457 g/mol. The number of aryl methyl sites for hydroxylation is 1. The maximum absolute atomic E-state index is 6.98. The number of hydrogen-bond donors (Lipinski definition) is 2. The zero-order valence-electron chi connectivity index (χ0n) is 18.6. The van der Waals surface area contributed by atoms with Gasteiger partial charge in [0.15, 0.2) is 0 Å². The Hall–Kier alpha value is -3.29. The van der Waals surface area contributed by atoms with E-state index in [2.05, 4.69) is 55.5 Å². The van der Waals surface area contributed by atoms with Crippen LogP contribution in [0.15, 0.2) is 42.7 Å². The minimum absolute atomic E-state index is 0.355. The molecule has 1 aliphatic heterocycles. The van der Waals surface area contributed by atoms with Crippen LogP contribution in [0.5, 0.6) is 0 Å². The first kappa shape index (κ1) is 20.3. The van der Waals surface area contributed by atoms with Gasteiger partial charge in [0.1, 0.15) is 5.69 Å². The molecule has 5 aromatic rings. The van der Waals surface area contributed by atoms with E-state index < -0.39 is 0 Å². The van der Waals surface area contributed by atoms with Gasteiger partial charge in [-0.25, -0.2) is 0 Å². The fourth-order valence-corrected chi connectivity index (χ4v) is 5.26. The quantitative estimate of drug-likeness (QED) is 0.387. The molecule has 0 aliphatic carbocycles. The number of aromatic nitrogens is 6. The molecule has 8 heteroatoms. The minimum Gasteiger partial charge on any atom is -0.317 e. The topological polar surface area (TPSA) is 84.3 Å². The third kappa shape index (κ3) is 3.31. The maximum Gasteiger partial charge on any atom is 0.101 e. The second-order valence-electron chi connectivity index (χ2n) is 8.75. The summed E-state index contributed by atoms with van der Waals surface area (Å²) in [5.74, 6) is 0. The zero-order valence-corrected chi connectivity index (χ0v) is 19.3. The Labute approximate surface area is 196 Å². The third-order valence-corrected chi connectivity index (χ3v) is 7.19. The molecule has 1 aliphatic rings. The highest BCUT2D eigenvalue weighted by molar-refractivity contribution is 6.36. The summed E-state index contributed by atoms with van der Waals surface area (Å²) in [5, 5.41) is 27.1. The molecule has 0 bridgehead atoms. The van der Waals surface area contributed by atoms with Gasteiger partial charge in [-0.1, -0.05) is 17.7 Å². The van der Waals surface area contributed by atoms with Gasteiger partial charge < -0.3 is 5.32 Å². The molecule has 2 N–H and O–H groups in total. The first-order valence-corrected chi connectivity index (χ1v) is 11.6. The summed E-state index contributed by atoms with van der Waals surface area (Å²) >= 11 is 6.98. The summed E-state index contributed by atoms with van der Waals surface area (Å²) in [7, 11) is 0. The SMILES string of the molecule is Cc1cc2[nH]ncc2c(-c2c(-c3ccc4nnccc4c3)nn(C3CCNCC3)c2C)c1Cl. The van der Waals surface area contributed by atoms with Crippen LogP contribution in [0.2, 0.25) is 5.02 Å². The average molecular weight is 458 g/mol. The Kier molecular flexibility index (Phi) is 4.89. The van der Waals surface area contributed by atoms with Crippen molar-refractivity contribution in [1.82, 2.24) is 35.5 Å². The summed E-state index contributed by atoms with van der Waals surface area (Å²) in [4.78, 5) is 0. The summed E-state index contributed by atoms with van der Waals surface area (Å²) in [6.45, 7) is 6.19. The van der Waals surface area contributed by atoms with Crippen LogP contribution in [0.1, 0.15) is 30.1 Å². The van der Waals surface area contributed by atoms with E-state index in [4.69, 9.17) is 16.7 Å². The van der Waals surface area contributed by atoms with E-state index in [1.54, 1.807) is 6.20 Å². The van der Waals surface area contributed by atoms with E-state index in [0.717, 1.165) is 86.4 Å². The molecule has 3 aromatic heterocycles. The maximum atomic E-state index is 6.98. The highest BCUT2D eigenvalue weighted by Crippen LogP contribution is 2.44. The normalized spacial score (nSPS) is 15.0. The van der Waals surface area contributed by atoms with Crippen LogP contribution >= 0.6 is 11.6 Å². The number of nitrogens with one attached hydrogen (secondary N) is 2. The Morgan fingerprint density at radius 3 is 2.76 bits per heavy atom. The Morgan fingerprint density at radius 1 is 1.06 bits per heavy atom. The van der Waals surface area contributed by atoms with Gasteiger partial charge in [-0.05, 0) is 69.6 Å². The van der Waals surface area contributed by atoms with E-state index in [0.29, 0.717) is 6.04 Å². The molecule has 0 amide bonds. The predicted octanol–water partition coefficient (Wildman–Crippen LogP) is 5.23. The van der Waals surface area contributed by atoms with E-state index in [-0.39, 0.29) is 0 Å². The van der Waals surface area contributed by atoms with Gasteiger partial charge in [0.2, 0.25) is 0 Å². The largest absolute Gasteiger partial charge is 0.317 e. The van der Waals surface area contributed by atoms with Crippen molar-refractivity contribution in [3.05, 3.63) is 59.0 Å². The first-order valence-electron chi connectivity index (χ1n) is 11.3. The summed E-state index contributed by atoms with van der Waals surface area (Å²) in [6.07, 6.45) is 5.68. The molecule has 0 unspecified atom stereocenters. The van der Waals surface area contributed by atoms with Crippen molar-refractivity contribution in [1.29, 1.82) is 0 Å². The van der Waals surface area contributed by atoms with Crippen LogP contribution in [-0.2, 0) is 0 Å². The molecular weight excluding hydrogens is 434 g/mol. The number of aromatic amines is 1. The smallest absolute Gasteiger partial charge is 0.101 e. The summed E-state index contributed by atoms with van der Waals surface area (Å²) < 4.78 is 2.21. The third-order valence-electron chi connectivity index (χ3n) is 6.71. The highest BCUT2D eigenvalue weighted by Gasteiger charge is 2.27. The van der Waals surface area contributed by atoms with E-state index >= 15 is 0 Å². The van der Waals surface area contributed by atoms with Crippen LogP contribution in [0.25, 0.3) is 44.2 Å². The van der Waals surface area contributed by atoms with Crippen molar-refractivity contribution in [2.45, 2.75) is 32.7 Å². The lowest BCUT2D eigenvalue weighted by atomic mass is 9.94. The van der Waals surface area contributed by atoms with Crippen LogP contribution in [-0.4, -0.2) is 43.3 Å². The highest BCUT2D eigenvalue weighted by atomic mass is 35.5. The van der Waals surface area contributed by atoms with E-state index in [1.807, 2.05) is 25.3 Å². The molecule has 1 fully saturated rings. The van der Waals surface area contributed by atoms with Gasteiger partial charge in [-0.15, -0.1) is 0 Å². The number of rotatable bonds is 3. The molecule has 2 aromatic carbocycles. The van der Waals surface area contributed by atoms with Gasteiger partial charge >= 0.3 is 0 Å². The predicted molar refractivity (Wildman–Crippen MR) is 131 cm³/mol. The second-order valence-corrected chi connectivity index (χ2v) is 9.13. The molecule has 0 saturated carbocycles. The summed E-state index contributed by atoms with van der Waals surface area (Å²) in [6, 6.07) is 10.6. The lowest BCUT2D eigenvalue weighted by molar-refractivity contribution is 0.339. The van der Waals surface area contributed by atoms with Gasteiger partial charge in [0.05, 0.1) is 34.5 Å². The zero-order chi connectivity index (χ0) is 22.5. The molecule has 7 nitrogen and oxygen atoms in total. The molecule has 0 atom stereocenters. The van der Waals surface area contributed by atoms with Crippen molar-refractivity contribution in [3.8, 4) is 22.4 Å². The molecule has 0 radical (unpaired) electrons. The molecule has 33 heavy (non-hydrogen) atoms. The molecule has 6 rings (SSSR count). The fraction of sp³-hybridized carbons (Fsp3) is 0.280. The van der Waals surface area contributed by atoms with E-state index in [9.17, 15) is 0 Å². The van der Waals surface area contributed by atoms with Crippen LogP contribution in [0.4, 0.5) is 0 Å². The van der Waals surface area contributed by atoms with Gasteiger partial charge in [0.25, 0.3) is 0 Å². The van der Waals surface area contributed by atoms with E-state index in [1.165, 1.54) is 0 Å². The number of piperidine rings is 1. The second kappa shape index (κ2) is 7.93. The fourth-order valence-electron chi connectivity index (χ4n) is 5.01. The Balaban J connectivity index is 1.65. The van der Waals surface area contributed by atoms with Crippen molar-refractivity contribution in [3.63, 3.8) is 0 Å². The van der Waals surface area contributed by atoms with Gasteiger partial charge in [0, 0.05) is 33.2 Å². The van der Waals surface area contributed by atoms with Crippen LogP contribution in [0.3, 0.4) is 0 Å². The van der Waals surface area contributed by atoms with Crippen molar-refractivity contribution in [2.75, 3.05) is 13.1 Å². The Bertz CT molecular complexity index is 1490.